The fourth-order valence-corrected chi connectivity index (χ4v) is 3.41. The first-order valence-corrected chi connectivity index (χ1v) is 8.91. The van der Waals surface area contributed by atoms with Crippen molar-refractivity contribution in [3.8, 4) is 11.1 Å². The van der Waals surface area contributed by atoms with Crippen LogP contribution in [0.3, 0.4) is 0 Å². The van der Waals surface area contributed by atoms with Gasteiger partial charge in [-0.2, -0.15) is 0 Å². The third kappa shape index (κ3) is 3.78. The minimum atomic E-state index is 0.655. The maximum Gasteiger partial charge on any atom is 0.0963 e. The molecule has 2 aromatic carbocycles. The Bertz CT molecular complexity index is 818. The van der Waals surface area contributed by atoms with E-state index in [1.807, 2.05) is 12.3 Å². The third-order valence-corrected chi connectivity index (χ3v) is 4.75. The van der Waals surface area contributed by atoms with Crippen LogP contribution in [0.5, 0.6) is 0 Å². The number of hydrogen-bond acceptors (Lipinski definition) is 4. The highest BCUT2D eigenvalue weighted by Crippen LogP contribution is 2.34. The van der Waals surface area contributed by atoms with Gasteiger partial charge in [0, 0.05) is 35.7 Å². The molecule has 1 heterocycles. The number of methoxy groups -OCH3 is 1. The van der Waals surface area contributed by atoms with Gasteiger partial charge in [0.2, 0.25) is 0 Å². The number of aromatic nitrogens is 1. The summed E-state index contributed by atoms with van der Waals surface area (Å²) in [6.45, 7) is 0.815. The molecule has 0 aliphatic carbocycles. The van der Waals surface area contributed by atoms with Gasteiger partial charge in [-0.25, -0.2) is 0 Å². The Balaban J connectivity index is 2.20. The van der Waals surface area contributed by atoms with Crippen LogP contribution in [0.15, 0.2) is 59.6 Å². The summed E-state index contributed by atoms with van der Waals surface area (Å²) in [5.74, 6) is 0.655. The van der Waals surface area contributed by atoms with Crippen LogP contribution >= 0.6 is 11.8 Å². The van der Waals surface area contributed by atoms with Gasteiger partial charge in [-0.3, -0.25) is 4.98 Å². The lowest BCUT2D eigenvalue weighted by atomic mass is 9.97. The molecule has 0 fully saturated rings. The number of nitrogens with zero attached hydrogens (tertiary/aromatic N) is 2. The second kappa shape index (κ2) is 7.79. The van der Waals surface area contributed by atoms with Crippen LogP contribution in [-0.4, -0.2) is 37.0 Å². The van der Waals surface area contributed by atoms with Crippen molar-refractivity contribution in [2.24, 2.45) is 0 Å². The molecule has 0 spiro atoms. The molecule has 0 amide bonds. The highest BCUT2D eigenvalue weighted by atomic mass is 32.2. The standard InChI is InChI=1S/C20H22N2OS/c1-22(2)13-19-20(15-7-5-4-6-8-15)18-11-17(24-14-23-3)10-9-16(18)12-21-19/h4-12H,13-14H2,1-3H3. The SMILES string of the molecule is COCSc1ccc2cnc(CN(C)C)c(-c3ccccc3)c2c1. The Hall–Kier alpha value is -1.88. The molecule has 0 bridgehead atoms. The summed E-state index contributed by atoms with van der Waals surface area (Å²) in [6.07, 6.45) is 1.98. The Morgan fingerprint density at radius 1 is 1.08 bits per heavy atom. The zero-order chi connectivity index (χ0) is 16.9. The second-order valence-corrected chi connectivity index (χ2v) is 6.98. The van der Waals surface area contributed by atoms with E-state index in [4.69, 9.17) is 9.72 Å². The topological polar surface area (TPSA) is 25.4 Å². The lowest BCUT2D eigenvalue weighted by molar-refractivity contribution is 0.259. The molecule has 3 aromatic rings. The predicted octanol–water partition coefficient (Wildman–Crippen LogP) is 4.66. The smallest absolute Gasteiger partial charge is 0.0963 e. The van der Waals surface area contributed by atoms with Crippen LogP contribution < -0.4 is 0 Å². The van der Waals surface area contributed by atoms with Gasteiger partial charge in [0.25, 0.3) is 0 Å². The first kappa shape index (κ1) is 17.0. The van der Waals surface area contributed by atoms with Crippen LogP contribution in [0.4, 0.5) is 0 Å². The fourth-order valence-electron chi connectivity index (χ4n) is 2.80. The monoisotopic (exact) mass is 338 g/mol. The summed E-state index contributed by atoms with van der Waals surface area (Å²) in [5.41, 5.74) is 3.54. The molecule has 0 saturated carbocycles. The molecule has 0 N–H and O–H groups in total. The van der Waals surface area contributed by atoms with Crippen molar-refractivity contribution >= 4 is 22.5 Å². The van der Waals surface area contributed by atoms with E-state index in [0.29, 0.717) is 5.94 Å². The average Bonchev–Trinajstić information content (AvgIpc) is 2.60. The van der Waals surface area contributed by atoms with E-state index < -0.39 is 0 Å². The lowest BCUT2D eigenvalue weighted by Gasteiger charge is -2.16. The van der Waals surface area contributed by atoms with E-state index in [-0.39, 0.29) is 0 Å². The molecular weight excluding hydrogens is 316 g/mol. The number of ether oxygens (including phenoxy) is 1. The second-order valence-electron chi connectivity index (χ2n) is 5.98. The van der Waals surface area contributed by atoms with Gasteiger partial charge in [-0.05, 0) is 37.2 Å². The van der Waals surface area contributed by atoms with Gasteiger partial charge in [-0.15, -0.1) is 0 Å². The Kier molecular flexibility index (Phi) is 5.51. The van der Waals surface area contributed by atoms with Gasteiger partial charge in [0.1, 0.15) is 0 Å². The predicted molar refractivity (Wildman–Crippen MR) is 102 cm³/mol. The summed E-state index contributed by atoms with van der Waals surface area (Å²) < 4.78 is 5.19. The molecular formula is C20H22N2OS. The van der Waals surface area contributed by atoms with E-state index in [2.05, 4.69) is 61.5 Å². The molecule has 24 heavy (non-hydrogen) atoms. The van der Waals surface area contributed by atoms with E-state index >= 15 is 0 Å². The number of hydrogen-bond donors (Lipinski definition) is 0. The van der Waals surface area contributed by atoms with Crippen LogP contribution in [0.25, 0.3) is 21.9 Å². The van der Waals surface area contributed by atoms with Gasteiger partial charge in [0.05, 0.1) is 11.6 Å². The summed E-state index contributed by atoms with van der Waals surface area (Å²) in [7, 11) is 5.87. The van der Waals surface area contributed by atoms with Crippen molar-refractivity contribution in [3.63, 3.8) is 0 Å². The van der Waals surface area contributed by atoms with Crippen LogP contribution in [0.1, 0.15) is 5.69 Å². The van der Waals surface area contributed by atoms with Gasteiger partial charge < -0.3 is 9.64 Å². The zero-order valence-electron chi connectivity index (χ0n) is 14.3. The lowest BCUT2D eigenvalue weighted by Crippen LogP contribution is -2.13. The maximum atomic E-state index is 5.19. The fraction of sp³-hybridized carbons (Fsp3) is 0.250. The van der Waals surface area contributed by atoms with E-state index in [9.17, 15) is 0 Å². The zero-order valence-corrected chi connectivity index (χ0v) is 15.1. The molecule has 0 aliphatic rings. The number of thioether (sulfide) groups is 1. The number of benzene rings is 2. The highest BCUT2D eigenvalue weighted by Gasteiger charge is 2.13. The molecule has 0 radical (unpaired) electrons. The number of pyridine rings is 1. The molecule has 4 heteroatoms. The van der Waals surface area contributed by atoms with Crippen molar-refractivity contribution in [2.75, 3.05) is 27.1 Å². The van der Waals surface area contributed by atoms with E-state index in [0.717, 1.165) is 17.6 Å². The van der Waals surface area contributed by atoms with Crippen LogP contribution in [-0.2, 0) is 11.3 Å². The average molecular weight is 338 g/mol. The molecule has 1 aromatic heterocycles. The Morgan fingerprint density at radius 3 is 2.58 bits per heavy atom. The molecule has 3 nitrogen and oxygen atoms in total. The molecule has 0 aliphatic heterocycles. The normalized spacial score (nSPS) is 11.3. The highest BCUT2D eigenvalue weighted by molar-refractivity contribution is 7.99. The van der Waals surface area contributed by atoms with Crippen molar-refractivity contribution in [3.05, 3.63) is 60.4 Å². The first-order valence-electron chi connectivity index (χ1n) is 7.92. The van der Waals surface area contributed by atoms with Crippen LogP contribution in [0.2, 0.25) is 0 Å². The molecule has 0 atom stereocenters. The quantitative estimate of drug-likeness (QED) is 0.482. The van der Waals surface area contributed by atoms with Gasteiger partial charge in [-0.1, -0.05) is 48.2 Å². The molecule has 0 saturated heterocycles. The van der Waals surface area contributed by atoms with E-state index in [1.165, 1.54) is 21.4 Å². The number of rotatable bonds is 6. The Labute approximate surface area is 147 Å². The maximum absolute atomic E-state index is 5.19. The van der Waals surface area contributed by atoms with Crippen molar-refractivity contribution in [1.29, 1.82) is 0 Å². The molecule has 124 valence electrons. The number of fused-ring (bicyclic) bond motifs is 1. The molecule has 0 unspecified atom stereocenters. The van der Waals surface area contributed by atoms with E-state index in [1.54, 1.807) is 18.9 Å². The first-order chi connectivity index (χ1) is 11.7. The van der Waals surface area contributed by atoms with Gasteiger partial charge in [0.15, 0.2) is 0 Å². The van der Waals surface area contributed by atoms with Gasteiger partial charge >= 0.3 is 0 Å². The summed E-state index contributed by atoms with van der Waals surface area (Å²) in [5, 5.41) is 2.41. The summed E-state index contributed by atoms with van der Waals surface area (Å²) >= 11 is 1.71. The molecule has 3 rings (SSSR count). The minimum absolute atomic E-state index is 0.655. The van der Waals surface area contributed by atoms with Crippen LogP contribution in [0, 0.1) is 0 Å². The summed E-state index contributed by atoms with van der Waals surface area (Å²) in [4.78, 5) is 8.11. The van der Waals surface area contributed by atoms with Crippen molar-refractivity contribution < 1.29 is 4.74 Å². The third-order valence-electron chi connectivity index (χ3n) is 3.81. The largest absolute Gasteiger partial charge is 0.374 e. The minimum Gasteiger partial charge on any atom is -0.374 e. The summed E-state index contributed by atoms with van der Waals surface area (Å²) in [6, 6.07) is 17.1. The Morgan fingerprint density at radius 2 is 1.88 bits per heavy atom. The van der Waals surface area contributed by atoms with Crippen molar-refractivity contribution in [2.45, 2.75) is 11.4 Å². The van der Waals surface area contributed by atoms with Crippen molar-refractivity contribution in [1.82, 2.24) is 9.88 Å².